The molecular weight excluding hydrogens is 204 g/mol. The average Bonchev–Trinajstić information content (AvgIpc) is 2.68. The minimum absolute atomic E-state index is 0.331. The zero-order valence-corrected chi connectivity index (χ0v) is 9.08. The van der Waals surface area contributed by atoms with E-state index in [2.05, 4.69) is 10.3 Å². The molecule has 16 heavy (non-hydrogen) atoms. The molecule has 0 saturated carbocycles. The highest BCUT2D eigenvalue weighted by molar-refractivity contribution is 5.94. The molecule has 0 aliphatic carbocycles. The lowest BCUT2D eigenvalue weighted by molar-refractivity contribution is 0.0697. The number of nitrogens with one attached hydrogen (secondary N) is 2. The second kappa shape index (κ2) is 4.37. The Labute approximate surface area is 93.3 Å². The Hall–Kier alpha value is -1.81. The largest absolute Gasteiger partial charge is 0.478 e. The molecule has 0 saturated heterocycles. The van der Waals surface area contributed by atoms with Crippen molar-refractivity contribution in [3.8, 4) is 0 Å². The first-order chi connectivity index (χ1) is 7.72. The monoisotopic (exact) mass is 218 g/mol. The van der Waals surface area contributed by atoms with Crippen LogP contribution in [0.5, 0.6) is 0 Å². The van der Waals surface area contributed by atoms with Gasteiger partial charge in [-0.3, -0.25) is 0 Å². The molecule has 2 rings (SSSR count). The third kappa shape index (κ3) is 1.92. The molecule has 0 bridgehead atoms. The summed E-state index contributed by atoms with van der Waals surface area (Å²) in [7, 11) is 1.90. The molecule has 0 unspecified atom stereocenters. The Morgan fingerprint density at radius 1 is 1.50 bits per heavy atom. The van der Waals surface area contributed by atoms with Gasteiger partial charge in [0.05, 0.1) is 5.56 Å². The van der Waals surface area contributed by atoms with E-state index in [-0.39, 0.29) is 0 Å². The fourth-order valence-corrected chi connectivity index (χ4v) is 1.78. The first-order valence-electron chi connectivity index (χ1n) is 5.20. The van der Waals surface area contributed by atoms with Crippen LogP contribution in [0.4, 0.5) is 0 Å². The van der Waals surface area contributed by atoms with Crippen molar-refractivity contribution in [1.29, 1.82) is 0 Å². The van der Waals surface area contributed by atoms with E-state index in [0.717, 1.165) is 29.4 Å². The summed E-state index contributed by atoms with van der Waals surface area (Å²) in [5.74, 6) is -0.886. The van der Waals surface area contributed by atoms with Gasteiger partial charge in [-0.05, 0) is 43.8 Å². The number of hydrogen-bond acceptors (Lipinski definition) is 2. The Morgan fingerprint density at radius 3 is 3.00 bits per heavy atom. The maximum atomic E-state index is 10.9. The summed E-state index contributed by atoms with van der Waals surface area (Å²) in [6.07, 6.45) is 2.83. The smallest absolute Gasteiger partial charge is 0.335 e. The van der Waals surface area contributed by atoms with E-state index in [4.69, 9.17) is 5.11 Å². The highest BCUT2D eigenvalue weighted by Crippen LogP contribution is 2.20. The molecule has 0 aliphatic rings. The number of hydrogen-bond donors (Lipinski definition) is 3. The number of carbonyl (C=O) groups is 1. The number of carboxylic acid groups (broad SMARTS) is 1. The molecule has 0 spiro atoms. The van der Waals surface area contributed by atoms with Crippen molar-refractivity contribution in [3.05, 3.63) is 35.5 Å². The summed E-state index contributed by atoms with van der Waals surface area (Å²) >= 11 is 0. The van der Waals surface area contributed by atoms with Gasteiger partial charge in [0.25, 0.3) is 0 Å². The van der Waals surface area contributed by atoms with E-state index in [1.54, 1.807) is 12.1 Å². The maximum absolute atomic E-state index is 10.9. The third-order valence-electron chi connectivity index (χ3n) is 2.66. The highest BCUT2D eigenvalue weighted by Gasteiger charge is 2.07. The van der Waals surface area contributed by atoms with Gasteiger partial charge in [0.15, 0.2) is 0 Å². The SMILES string of the molecule is CNCCc1c[nH]c2ccc(C(=O)O)cc12. The van der Waals surface area contributed by atoms with E-state index in [1.807, 2.05) is 19.3 Å². The minimum atomic E-state index is -0.886. The highest BCUT2D eigenvalue weighted by atomic mass is 16.4. The van der Waals surface area contributed by atoms with Crippen LogP contribution in [0.2, 0.25) is 0 Å². The fourth-order valence-electron chi connectivity index (χ4n) is 1.78. The van der Waals surface area contributed by atoms with Gasteiger partial charge < -0.3 is 15.4 Å². The molecule has 1 heterocycles. The van der Waals surface area contributed by atoms with E-state index >= 15 is 0 Å². The van der Waals surface area contributed by atoms with Crippen LogP contribution in [-0.4, -0.2) is 29.7 Å². The van der Waals surface area contributed by atoms with E-state index in [0.29, 0.717) is 5.56 Å². The van der Waals surface area contributed by atoms with Crippen LogP contribution >= 0.6 is 0 Å². The number of rotatable bonds is 4. The van der Waals surface area contributed by atoms with E-state index < -0.39 is 5.97 Å². The maximum Gasteiger partial charge on any atom is 0.335 e. The van der Waals surface area contributed by atoms with Crippen molar-refractivity contribution in [1.82, 2.24) is 10.3 Å². The minimum Gasteiger partial charge on any atom is -0.478 e. The summed E-state index contributed by atoms with van der Waals surface area (Å²) in [4.78, 5) is 14.0. The molecule has 0 fully saturated rings. The molecule has 1 aromatic heterocycles. The summed E-state index contributed by atoms with van der Waals surface area (Å²) in [6.45, 7) is 0.879. The molecule has 0 radical (unpaired) electrons. The predicted octanol–water partition coefficient (Wildman–Crippen LogP) is 1.63. The molecule has 84 valence electrons. The van der Waals surface area contributed by atoms with Crippen molar-refractivity contribution >= 4 is 16.9 Å². The molecule has 2 aromatic rings. The van der Waals surface area contributed by atoms with Crippen molar-refractivity contribution in [2.45, 2.75) is 6.42 Å². The van der Waals surface area contributed by atoms with Gasteiger partial charge in [0, 0.05) is 17.1 Å². The van der Waals surface area contributed by atoms with Crippen molar-refractivity contribution in [2.24, 2.45) is 0 Å². The number of aromatic carboxylic acids is 1. The standard InChI is InChI=1S/C12H14N2O2/c1-13-5-4-9-7-14-11-3-2-8(12(15)16)6-10(9)11/h2-3,6-7,13-14H,4-5H2,1H3,(H,15,16). The van der Waals surface area contributed by atoms with E-state index in [1.165, 1.54) is 0 Å². The van der Waals surface area contributed by atoms with Gasteiger partial charge in [0.2, 0.25) is 0 Å². The summed E-state index contributed by atoms with van der Waals surface area (Å²) in [5.41, 5.74) is 2.46. The van der Waals surface area contributed by atoms with Gasteiger partial charge >= 0.3 is 5.97 Å². The molecule has 0 atom stereocenters. The van der Waals surface area contributed by atoms with Crippen LogP contribution < -0.4 is 5.32 Å². The van der Waals surface area contributed by atoms with Crippen LogP contribution in [0.3, 0.4) is 0 Å². The number of benzene rings is 1. The topological polar surface area (TPSA) is 65.1 Å². The first kappa shape index (κ1) is 10.7. The lowest BCUT2D eigenvalue weighted by Crippen LogP contribution is -2.09. The lowest BCUT2D eigenvalue weighted by atomic mass is 10.1. The van der Waals surface area contributed by atoms with Crippen molar-refractivity contribution < 1.29 is 9.90 Å². The van der Waals surface area contributed by atoms with E-state index in [9.17, 15) is 4.79 Å². The second-order valence-electron chi connectivity index (χ2n) is 3.73. The van der Waals surface area contributed by atoms with Crippen molar-refractivity contribution in [2.75, 3.05) is 13.6 Å². The quantitative estimate of drug-likeness (QED) is 0.730. The number of aromatic nitrogens is 1. The molecule has 3 N–H and O–H groups in total. The van der Waals surface area contributed by atoms with Crippen LogP contribution in [0.1, 0.15) is 15.9 Å². The van der Waals surface area contributed by atoms with Gasteiger partial charge in [-0.15, -0.1) is 0 Å². The van der Waals surface area contributed by atoms with Crippen LogP contribution in [0.25, 0.3) is 10.9 Å². The Kier molecular flexibility index (Phi) is 2.92. The number of fused-ring (bicyclic) bond motifs is 1. The number of carboxylic acids is 1. The van der Waals surface area contributed by atoms with Gasteiger partial charge in [-0.2, -0.15) is 0 Å². The second-order valence-corrected chi connectivity index (χ2v) is 3.73. The third-order valence-corrected chi connectivity index (χ3v) is 2.66. The molecule has 4 nitrogen and oxygen atoms in total. The summed E-state index contributed by atoms with van der Waals surface area (Å²) in [6, 6.07) is 5.14. The zero-order valence-electron chi connectivity index (χ0n) is 9.08. The van der Waals surface area contributed by atoms with Crippen LogP contribution in [0, 0.1) is 0 Å². The predicted molar refractivity (Wildman–Crippen MR) is 62.9 cm³/mol. The molecule has 1 aromatic carbocycles. The number of H-pyrrole nitrogens is 1. The number of likely N-dealkylation sites (N-methyl/N-ethyl adjacent to an activating group) is 1. The molecular formula is C12H14N2O2. The van der Waals surface area contributed by atoms with Crippen LogP contribution in [-0.2, 0) is 6.42 Å². The fraction of sp³-hybridized carbons (Fsp3) is 0.250. The molecule has 0 aliphatic heterocycles. The summed E-state index contributed by atoms with van der Waals surface area (Å²) in [5, 5.41) is 13.0. The van der Waals surface area contributed by atoms with Gasteiger partial charge in [0.1, 0.15) is 0 Å². The normalized spacial score (nSPS) is 10.8. The van der Waals surface area contributed by atoms with Gasteiger partial charge in [-0.1, -0.05) is 0 Å². The number of aromatic amines is 1. The first-order valence-corrected chi connectivity index (χ1v) is 5.20. The Balaban J connectivity index is 2.43. The van der Waals surface area contributed by atoms with Crippen LogP contribution in [0.15, 0.2) is 24.4 Å². The Morgan fingerprint density at radius 2 is 2.31 bits per heavy atom. The van der Waals surface area contributed by atoms with Crippen molar-refractivity contribution in [3.63, 3.8) is 0 Å². The zero-order chi connectivity index (χ0) is 11.5. The average molecular weight is 218 g/mol. The lowest BCUT2D eigenvalue weighted by Gasteiger charge is -1.99. The summed E-state index contributed by atoms with van der Waals surface area (Å²) < 4.78 is 0. The molecule has 0 amide bonds. The van der Waals surface area contributed by atoms with Gasteiger partial charge in [-0.25, -0.2) is 4.79 Å². The molecule has 4 heteroatoms. The Bertz CT molecular complexity index is 517.